The van der Waals surface area contributed by atoms with Crippen molar-refractivity contribution in [2.24, 2.45) is 0 Å². The number of nitrogens with one attached hydrogen (secondary N) is 2. The molecule has 1 aromatic heterocycles. The molecule has 0 spiro atoms. The van der Waals surface area contributed by atoms with Gasteiger partial charge in [-0.3, -0.25) is 9.89 Å². The molecule has 0 aliphatic carbocycles. The van der Waals surface area contributed by atoms with E-state index < -0.39 is 0 Å². The topological polar surface area (TPSA) is 61.0 Å². The van der Waals surface area contributed by atoms with E-state index in [9.17, 15) is 4.79 Å². The molecule has 0 aliphatic rings. The lowest BCUT2D eigenvalue weighted by Crippen LogP contribution is -2.13. The highest BCUT2D eigenvalue weighted by molar-refractivity contribution is 5.91. The molecule has 0 aliphatic heterocycles. The third kappa shape index (κ3) is 3.84. The summed E-state index contributed by atoms with van der Waals surface area (Å²) in [6, 6.07) is 8.27. The third-order valence-electron chi connectivity index (χ3n) is 3.49. The first kappa shape index (κ1) is 15.1. The van der Waals surface area contributed by atoms with Crippen LogP contribution in [0.15, 0.2) is 24.3 Å². The van der Waals surface area contributed by atoms with Crippen LogP contribution < -0.4 is 10.2 Å². The van der Waals surface area contributed by atoms with Gasteiger partial charge in [0.15, 0.2) is 0 Å². The molecule has 5 nitrogen and oxygen atoms in total. The van der Waals surface area contributed by atoms with Gasteiger partial charge in [0, 0.05) is 26.2 Å². The highest BCUT2D eigenvalue weighted by Gasteiger charge is 2.10. The van der Waals surface area contributed by atoms with Gasteiger partial charge in [-0.1, -0.05) is 12.1 Å². The van der Waals surface area contributed by atoms with Gasteiger partial charge in [0.1, 0.15) is 0 Å². The molecule has 2 N–H and O–H groups in total. The Hall–Kier alpha value is -2.30. The Balaban J connectivity index is 1.89. The first-order valence-electron chi connectivity index (χ1n) is 7.05. The van der Waals surface area contributed by atoms with E-state index in [1.54, 1.807) is 0 Å². The van der Waals surface area contributed by atoms with E-state index in [-0.39, 0.29) is 5.91 Å². The minimum absolute atomic E-state index is 0.0132. The molecule has 2 aromatic rings. The molecule has 5 heteroatoms. The molecule has 0 fully saturated rings. The van der Waals surface area contributed by atoms with Gasteiger partial charge in [-0.05, 0) is 38.0 Å². The summed E-state index contributed by atoms with van der Waals surface area (Å²) in [5.74, 6) is 0.0132. The van der Waals surface area contributed by atoms with Crippen LogP contribution in [0.25, 0.3) is 0 Å². The second kappa shape index (κ2) is 6.43. The molecule has 0 saturated carbocycles. The first-order chi connectivity index (χ1) is 9.97. The first-order valence-corrected chi connectivity index (χ1v) is 7.05. The summed E-state index contributed by atoms with van der Waals surface area (Å²) in [6.45, 7) is 3.77. The number of carbonyl (C=O) groups excluding carboxylic acids is 1. The van der Waals surface area contributed by atoms with Gasteiger partial charge in [-0.25, -0.2) is 0 Å². The van der Waals surface area contributed by atoms with Crippen LogP contribution in [-0.2, 0) is 11.2 Å². The van der Waals surface area contributed by atoms with Crippen molar-refractivity contribution in [2.45, 2.75) is 26.7 Å². The minimum Gasteiger partial charge on any atom is -0.378 e. The maximum atomic E-state index is 12.0. The van der Waals surface area contributed by atoms with Crippen LogP contribution in [0, 0.1) is 13.8 Å². The fourth-order valence-electron chi connectivity index (χ4n) is 2.16. The number of hydrogen-bond acceptors (Lipinski definition) is 3. The predicted octanol–water partition coefficient (Wildman–Crippen LogP) is 2.66. The van der Waals surface area contributed by atoms with Crippen LogP contribution in [0.1, 0.15) is 23.4 Å². The summed E-state index contributed by atoms with van der Waals surface area (Å²) >= 11 is 0. The molecule has 112 valence electrons. The van der Waals surface area contributed by atoms with E-state index in [1.165, 1.54) is 0 Å². The molecule has 0 radical (unpaired) electrons. The Morgan fingerprint density at radius 3 is 2.43 bits per heavy atom. The summed E-state index contributed by atoms with van der Waals surface area (Å²) in [4.78, 5) is 14.1. The van der Waals surface area contributed by atoms with Gasteiger partial charge in [0.2, 0.25) is 5.91 Å². The number of rotatable bonds is 5. The van der Waals surface area contributed by atoms with Gasteiger partial charge in [0.05, 0.1) is 17.1 Å². The Morgan fingerprint density at radius 1 is 1.24 bits per heavy atom. The normalized spacial score (nSPS) is 10.5. The Kier molecular flexibility index (Phi) is 4.62. The standard InChI is InChI=1S/C16H22N4O/c1-11-16(12(2)19-18-11)17-15(21)10-7-13-5-8-14(9-6-13)20(3)4/h5-6,8-9H,7,10H2,1-4H3,(H,17,21)(H,18,19). The second-order valence-corrected chi connectivity index (χ2v) is 5.42. The molecule has 0 bridgehead atoms. The molecule has 1 aromatic carbocycles. The molecule has 21 heavy (non-hydrogen) atoms. The number of aromatic nitrogens is 2. The number of H-pyrrole nitrogens is 1. The Morgan fingerprint density at radius 2 is 1.90 bits per heavy atom. The maximum Gasteiger partial charge on any atom is 0.224 e. The van der Waals surface area contributed by atoms with Crippen LogP contribution in [0.5, 0.6) is 0 Å². The van der Waals surface area contributed by atoms with Crippen molar-refractivity contribution in [1.29, 1.82) is 0 Å². The molecule has 0 saturated heterocycles. The number of aryl methyl sites for hydroxylation is 3. The number of hydrogen-bond donors (Lipinski definition) is 2. The summed E-state index contributed by atoms with van der Waals surface area (Å²) in [5, 5.41) is 9.85. The van der Waals surface area contributed by atoms with Gasteiger partial charge >= 0.3 is 0 Å². The quantitative estimate of drug-likeness (QED) is 0.888. The number of aromatic amines is 1. The molecule has 0 unspecified atom stereocenters. The SMILES string of the molecule is Cc1n[nH]c(C)c1NC(=O)CCc1ccc(N(C)C)cc1. The zero-order chi connectivity index (χ0) is 15.4. The van der Waals surface area contributed by atoms with Crippen LogP contribution in [0.4, 0.5) is 11.4 Å². The Labute approximate surface area is 125 Å². The van der Waals surface area contributed by atoms with Crippen molar-refractivity contribution in [3.63, 3.8) is 0 Å². The van der Waals surface area contributed by atoms with Crippen LogP contribution in [0.2, 0.25) is 0 Å². The molecule has 1 heterocycles. The number of benzene rings is 1. The van der Waals surface area contributed by atoms with E-state index in [2.05, 4.69) is 44.7 Å². The molecular formula is C16H22N4O. The highest BCUT2D eigenvalue weighted by atomic mass is 16.1. The Bertz CT molecular complexity index is 594. The van der Waals surface area contributed by atoms with Crippen molar-refractivity contribution < 1.29 is 4.79 Å². The number of amides is 1. The van der Waals surface area contributed by atoms with Crippen LogP contribution >= 0.6 is 0 Å². The van der Waals surface area contributed by atoms with E-state index >= 15 is 0 Å². The third-order valence-corrected chi connectivity index (χ3v) is 3.49. The predicted molar refractivity (Wildman–Crippen MR) is 85.8 cm³/mol. The second-order valence-electron chi connectivity index (χ2n) is 5.42. The minimum atomic E-state index is 0.0132. The lowest BCUT2D eigenvalue weighted by Gasteiger charge is -2.12. The molecule has 0 atom stereocenters. The summed E-state index contributed by atoms with van der Waals surface area (Å²) in [7, 11) is 4.02. The monoisotopic (exact) mass is 286 g/mol. The lowest BCUT2D eigenvalue weighted by atomic mass is 10.1. The van der Waals surface area contributed by atoms with Gasteiger partial charge in [0.25, 0.3) is 0 Å². The smallest absolute Gasteiger partial charge is 0.224 e. The molecular weight excluding hydrogens is 264 g/mol. The average Bonchev–Trinajstić information content (AvgIpc) is 2.77. The fraction of sp³-hybridized carbons (Fsp3) is 0.375. The van der Waals surface area contributed by atoms with E-state index in [4.69, 9.17) is 0 Å². The maximum absolute atomic E-state index is 12.0. The van der Waals surface area contributed by atoms with E-state index in [0.29, 0.717) is 6.42 Å². The highest BCUT2D eigenvalue weighted by Crippen LogP contribution is 2.17. The number of nitrogens with zero attached hydrogens (tertiary/aromatic N) is 2. The van der Waals surface area contributed by atoms with Crippen molar-refractivity contribution >= 4 is 17.3 Å². The molecule has 1 amide bonds. The van der Waals surface area contributed by atoms with Crippen molar-refractivity contribution in [3.05, 3.63) is 41.2 Å². The van der Waals surface area contributed by atoms with Gasteiger partial charge in [-0.2, -0.15) is 5.10 Å². The molecule has 2 rings (SSSR count). The van der Waals surface area contributed by atoms with Crippen LogP contribution in [0.3, 0.4) is 0 Å². The van der Waals surface area contributed by atoms with Crippen LogP contribution in [-0.4, -0.2) is 30.2 Å². The largest absolute Gasteiger partial charge is 0.378 e. The lowest BCUT2D eigenvalue weighted by molar-refractivity contribution is -0.116. The zero-order valence-electron chi connectivity index (χ0n) is 13.0. The van der Waals surface area contributed by atoms with Gasteiger partial charge < -0.3 is 10.2 Å². The van der Waals surface area contributed by atoms with Crippen molar-refractivity contribution in [2.75, 3.05) is 24.3 Å². The number of carbonyl (C=O) groups is 1. The zero-order valence-corrected chi connectivity index (χ0v) is 13.0. The van der Waals surface area contributed by atoms with Gasteiger partial charge in [-0.15, -0.1) is 0 Å². The van der Waals surface area contributed by atoms with E-state index in [1.807, 2.05) is 27.9 Å². The average molecular weight is 286 g/mol. The van der Waals surface area contributed by atoms with Crippen molar-refractivity contribution in [1.82, 2.24) is 10.2 Å². The fourth-order valence-corrected chi connectivity index (χ4v) is 2.16. The summed E-state index contributed by atoms with van der Waals surface area (Å²) in [6.07, 6.45) is 1.20. The van der Waals surface area contributed by atoms with Crippen molar-refractivity contribution in [3.8, 4) is 0 Å². The summed E-state index contributed by atoms with van der Waals surface area (Å²) in [5.41, 5.74) is 4.82. The number of anilines is 2. The van der Waals surface area contributed by atoms with E-state index in [0.717, 1.165) is 34.7 Å². The summed E-state index contributed by atoms with van der Waals surface area (Å²) < 4.78 is 0.